The number of benzene rings is 2. The topological polar surface area (TPSA) is 79.2 Å². The number of nitrogens with one attached hydrogen (secondary N) is 1. The first-order valence-corrected chi connectivity index (χ1v) is 8.55. The van der Waals surface area contributed by atoms with Crippen molar-refractivity contribution in [1.29, 1.82) is 5.26 Å². The van der Waals surface area contributed by atoms with Gasteiger partial charge in [-0.25, -0.2) is 4.21 Å². The van der Waals surface area contributed by atoms with Gasteiger partial charge < -0.3 is 10.1 Å². The quantitative estimate of drug-likeness (QED) is 0.617. The number of nitriles is 1. The van der Waals surface area contributed by atoms with Gasteiger partial charge in [0.15, 0.2) is 10.8 Å². The Balaban J connectivity index is 2.13. The fourth-order valence-corrected chi connectivity index (χ4v) is 2.66. The average Bonchev–Trinajstić information content (AvgIpc) is 2.65. The van der Waals surface area contributed by atoms with Crippen LogP contribution in [0.4, 0.5) is 18.9 Å². The summed E-state index contributed by atoms with van der Waals surface area (Å²) in [6, 6.07) is 12.8. The molecule has 5 nitrogen and oxygen atoms in total. The van der Waals surface area contributed by atoms with Crippen LogP contribution in [0.1, 0.15) is 5.56 Å². The van der Waals surface area contributed by atoms with Gasteiger partial charge in [-0.05, 0) is 48.0 Å². The molecule has 0 radical (unpaired) electrons. The van der Waals surface area contributed by atoms with Crippen molar-refractivity contribution in [3.05, 3.63) is 59.7 Å². The van der Waals surface area contributed by atoms with Crippen LogP contribution in [0.5, 0.6) is 5.75 Å². The second-order valence-electron chi connectivity index (χ2n) is 5.14. The molecule has 1 N–H and O–H groups in total. The molecule has 0 spiro atoms. The number of nitrogens with zero attached hydrogens (tertiary/aromatic N) is 1. The van der Waals surface area contributed by atoms with Gasteiger partial charge in [0.1, 0.15) is 17.4 Å². The number of carbonyl (C=O) groups excluding carboxylic acids is 1. The first-order valence-electron chi connectivity index (χ1n) is 7.40. The van der Waals surface area contributed by atoms with Gasteiger partial charge in [0, 0.05) is 10.6 Å². The zero-order valence-corrected chi connectivity index (χ0v) is 14.7. The summed E-state index contributed by atoms with van der Waals surface area (Å²) in [5.41, 5.74) is -4.29. The Morgan fingerprint density at radius 3 is 2.22 bits per heavy atom. The maximum Gasteiger partial charge on any atom is 0.475 e. The minimum atomic E-state index is -4.86. The summed E-state index contributed by atoms with van der Waals surface area (Å²) in [6.07, 6.45) is 1.36. The molecule has 0 aliphatic carbocycles. The molecule has 0 aliphatic heterocycles. The standard InChI is InChI=1S/C18H13F3N2O3S/c1-26-15-6-2-12(3-7-15)10-13(11-22)17(24)23-14-4-8-16(9-5-14)27(25)18(19,20)21/h2-10H,1H3,(H,23,24)/b13-10-/t27-/m0/s1. The van der Waals surface area contributed by atoms with E-state index in [-0.39, 0.29) is 11.3 Å². The van der Waals surface area contributed by atoms with E-state index in [1.807, 2.05) is 0 Å². The number of hydrogen-bond donors (Lipinski definition) is 1. The predicted octanol–water partition coefficient (Wildman–Crippen LogP) is 3.87. The van der Waals surface area contributed by atoms with Crippen molar-refractivity contribution in [2.45, 2.75) is 10.4 Å². The van der Waals surface area contributed by atoms with E-state index in [1.54, 1.807) is 30.3 Å². The number of methoxy groups -OCH3 is 1. The van der Waals surface area contributed by atoms with E-state index in [4.69, 9.17) is 4.74 Å². The van der Waals surface area contributed by atoms with Crippen LogP contribution in [0.3, 0.4) is 0 Å². The van der Waals surface area contributed by atoms with Crippen molar-refractivity contribution in [3.63, 3.8) is 0 Å². The summed E-state index contributed by atoms with van der Waals surface area (Å²) in [5.74, 6) is -0.107. The van der Waals surface area contributed by atoms with E-state index in [9.17, 15) is 27.4 Å². The molecule has 9 heteroatoms. The van der Waals surface area contributed by atoms with E-state index in [1.165, 1.54) is 25.3 Å². The highest BCUT2D eigenvalue weighted by atomic mass is 32.2. The molecule has 140 valence electrons. The van der Waals surface area contributed by atoms with Crippen molar-refractivity contribution in [3.8, 4) is 11.8 Å². The van der Waals surface area contributed by atoms with E-state index in [0.29, 0.717) is 11.3 Å². The molecule has 0 fully saturated rings. The molecule has 27 heavy (non-hydrogen) atoms. The van der Waals surface area contributed by atoms with E-state index >= 15 is 0 Å². The highest BCUT2D eigenvalue weighted by Crippen LogP contribution is 2.27. The van der Waals surface area contributed by atoms with Gasteiger partial charge >= 0.3 is 5.51 Å². The second kappa shape index (κ2) is 8.51. The molecule has 0 aliphatic rings. The number of amides is 1. The number of halogens is 3. The molecule has 0 unspecified atom stereocenters. The molecule has 2 aromatic carbocycles. The SMILES string of the molecule is COc1ccc(/C=C(/C#N)C(=O)Nc2ccc([S@](=O)C(F)(F)F)cc2)cc1. The zero-order chi connectivity index (χ0) is 20.0. The molecule has 0 bridgehead atoms. The summed E-state index contributed by atoms with van der Waals surface area (Å²) >= 11 is 0. The number of rotatable bonds is 5. The van der Waals surface area contributed by atoms with Crippen LogP contribution < -0.4 is 10.1 Å². The van der Waals surface area contributed by atoms with Gasteiger partial charge in [-0.1, -0.05) is 12.1 Å². The minimum absolute atomic E-state index is 0.166. The molecule has 1 amide bonds. The Morgan fingerprint density at radius 1 is 1.15 bits per heavy atom. The molecular weight excluding hydrogens is 381 g/mol. The number of anilines is 1. The van der Waals surface area contributed by atoms with E-state index < -0.39 is 27.1 Å². The average molecular weight is 394 g/mol. The number of carbonyl (C=O) groups is 1. The molecule has 0 aromatic heterocycles. The van der Waals surface area contributed by atoms with Crippen LogP contribution in [0.15, 0.2) is 59.0 Å². The fraction of sp³-hybridized carbons (Fsp3) is 0.111. The van der Waals surface area contributed by atoms with E-state index in [2.05, 4.69) is 5.32 Å². The maximum absolute atomic E-state index is 12.4. The first kappa shape index (κ1) is 20.2. The molecule has 0 saturated heterocycles. The lowest BCUT2D eigenvalue weighted by Crippen LogP contribution is -2.16. The smallest absolute Gasteiger partial charge is 0.475 e. The Labute approximate surface area is 155 Å². The Hall–Kier alpha value is -3.12. The van der Waals surface area contributed by atoms with Gasteiger partial charge in [0.05, 0.1) is 7.11 Å². The molecule has 1 atom stereocenters. The molecular formula is C18H13F3N2O3S. The van der Waals surface area contributed by atoms with Gasteiger partial charge in [0.25, 0.3) is 5.91 Å². The second-order valence-corrected chi connectivity index (χ2v) is 6.61. The van der Waals surface area contributed by atoms with Crippen LogP contribution in [0.25, 0.3) is 6.08 Å². The lowest BCUT2D eigenvalue weighted by molar-refractivity contribution is -0.112. The first-order chi connectivity index (χ1) is 12.7. The molecule has 2 rings (SSSR count). The Bertz CT molecular complexity index is 915. The Morgan fingerprint density at radius 2 is 1.74 bits per heavy atom. The van der Waals surface area contributed by atoms with Crippen molar-refractivity contribution in [1.82, 2.24) is 0 Å². The maximum atomic E-state index is 12.4. The molecule has 2 aromatic rings. The fourth-order valence-electron chi connectivity index (χ4n) is 2.01. The van der Waals surface area contributed by atoms with Crippen molar-refractivity contribution in [2.75, 3.05) is 12.4 Å². The highest BCUT2D eigenvalue weighted by molar-refractivity contribution is 7.86. The lowest BCUT2D eigenvalue weighted by Gasteiger charge is -2.08. The number of ether oxygens (including phenoxy) is 1. The van der Waals surface area contributed by atoms with Gasteiger partial charge in [-0.15, -0.1) is 0 Å². The third kappa shape index (κ3) is 5.43. The van der Waals surface area contributed by atoms with Crippen LogP contribution in [0, 0.1) is 11.3 Å². The van der Waals surface area contributed by atoms with Gasteiger partial charge in [0.2, 0.25) is 0 Å². The van der Waals surface area contributed by atoms with Gasteiger partial charge in [-0.3, -0.25) is 4.79 Å². The highest BCUT2D eigenvalue weighted by Gasteiger charge is 2.37. The van der Waals surface area contributed by atoms with Gasteiger partial charge in [-0.2, -0.15) is 18.4 Å². The van der Waals surface area contributed by atoms with Crippen LogP contribution in [-0.2, 0) is 15.6 Å². The normalized spacial score (nSPS) is 12.8. The number of alkyl halides is 3. The van der Waals surface area contributed by atoms with Crippen LogP contribution >= 0.6 is 0 Å². The minimum Gasteiger partial charge on any atom is -0.497 e. The van der Waals surface area contributed by atoms with Crippen molar-refractivity contribution in [2.24, 2.45) is 0 Å². The largest absolute Gasteiger partial charge is 0.497 e. The van der Waals surface area contributed by atoms with E-state index in [0.717, 1.165) is 12.1 Å². The van der Waals surface area contributed by atoms with Crippen molar-refractivity contribution < 1.29 is 26.9 Å². The van der Waals surface area contributed by atoms with Crippen molar-refractivity contribution >= 4 is 28.5 Å². The molecule has 0 saturated carbocycles. The zero-order valence-electron chi connectivity index (χ0n) is 13.9. The summed E-state index contributed by atoms with van der Waals surface area (Å²) < 4.78 is 53.5. The summed E-state index contributed by atoms with van der Waals surface area (Å²) in [7, 11) is -1.64. The summed E-state index contributed by atoms with van der Waals surface area (Å²) in [4.78, 5) is 11.7. The number of hydrogen-bond acceptors (Lipinski definition) is 4. The monoisotopic (exact) mass is 394 g/mol. The summed E-state index contributed by atoms with van der Waals surface area (Å²) in [6.45, 7) is 0. The third-order valence-electron chi connectivity index (χ3n) is 3.33. The summed E-state index contributed by atoms with van der Waals surface area (Å²) in [5, 5.41) is 11.6. The third-order valence-corrected chi connectivity index (χ3v) is 4.45. The van der Waals surface area contributed by atoms with Crippen LogP contribution in [-0.4, -0.2) is 22.7 Å². The lowest BCUT2D eigenvalue weighted by atomic mass is 10.1. The molecule has 0 heterocycles. The Kier molecular flexibility index (Phi) is 6.36. The van der Waals surface area contributed by atoms with Crippen LogP contribution in [0.2, 0.25) is 0 Å². The predicted molar refractivity (Wildman–Crippen MR) is 94.1 cm³/mol.